The summed E-state index contributed by atoms with van der Waals surface area (Å²) in [7, 11) is 1.63. The van der Waals surface area contributed by atoms with Crippen molar-refractivity contribution < 1.29 is 23.8 Å². The Morgan fingerprint density at radius 2 is 1.91 bits per heavy atom. The van der Waals surface area contributed by atoms with E-state index in [2.05, 4.69) is 0 Å². The molecule has 5 nitrogen and oxygen atoms in total. The maximum atomic E-state index is 11.5. The van der Waals surface area contributed by atoms with E-state index in [1.54, 1.807) is 25.8 Å². The van der Waals surface area contributed by atoms with E-state index in [4.69, 9.17) is 14.2 Å². The monoisotopic (exact) mass is 326 g/mol. The average Bonchev–Trinajstić information content (AvgIpc) is 2.47. The van der Waals surface area contributed by atoms with Gasteiger partial charge in [-0.05, 0) is 24.6 Å². The van der Waals surface area contributed by atoms with E-state index in [0.29, 0.717) is 12.4 Å². The molecule has 0 fully saturated rings. The minimum atomic E-state index is -0.459. The number of hydrogen-bond acceptors (Lipinski definition) is 6. The van der Waals surface area contributed by atoms with Crippen molar-refractivity contribution in [3.05, 3.63) is 29.8 Å². The molecule has 1 atom stereocenters. The summed E-state index contributed by atoms with van der Waals surface area (Å²) in [4.78, 5) is 22.6. The molecule has 0 saturated carbocycles. The van der Waals surface area contributed by atoms with Gasteiger partial charge in [0, 0.05) is 18.4 Å². The lowest BCUT2D eigenvalue weighted by molar-refractivity contribution is -0.152. The van der Waals surface area contributed by atoms with E-state index < -0.39 is 6.10 Å². The second-order valence-corrected chi connectivity index (χ2v) is 5.63. The van der Waals surface area contributed by atoms with Crippen molar-refractivity contribution >= 4 is 23.7 Å². The van der Waals surface area contributed by atoms with Crippen molar-refractivity contribution in [2.24, 2.45) is 0 Å². The molecule has 0 heterocycles. The largest absolute Gasteiger partial charge is 0.497 e. The van der Waals surface area contributed by atoms with Gasteiger partial charge in [0.05, 0.1) is 20.1 Å². The van der Waals surface area contributed by atoms with Crippen LogP contribution in [0.2, 0.25) is 0 Å². The summed E-state index contributed by atoms with van der Waals surface area (Å²) in [6.07, 6.45) is -0.372. The Morgan fingerprint density at radius 1 is 1.23 bits per heavy atom. The smallest absolute Gasteiger partial charge is 0.309 e. The molecule has 122 valence electrons. The van der Waals surface area contributed by atoms with Crippen molar-refractivity contribution in [2.75, 3.05) is 19.5 Å². The van der Waals surface area contributed by atoms with Gasteiger partial charge in [0.15, 0.2) is 0 Å². The molecule has 0 amide bonds. The lowest BCUT2D eigenvalue weighted by Gasteiger charge is -2.16. The number of carbonyl (C=O) groups is 2. The van der Waals surface area contributed by atoms with E-state index >= 15 is 0 Å². The van der Waals surface area contributed by atoms with Gasteiger partial charge in [-0.25, -0.2) is 0 Å². The second-order valence-electron chi connectivity index (χ2n) is 4.60. The molecule has 0 aliphatic heterocycles. The van der Waals surface area contributed by atoms with E-state index in [-0.39, 0.29) is 18.4 Å². The Kier molecular flexibility index (Phi) is 8.43. The van der Waals surface area contributed by atoms with Crippen LogP contribution < -0.4 is 4.74 Å². The molecule has 0 aliphatic rings. The summed E-state index contributed by atoms with van der Waals surface area (Å²) < 4.78 is 15.2. The second kappa shape index (κ2) is 10.1. The lowest BCUT2D eigenvalue weighted by Crippen LogP contribution is -2.24. The highest BCUT2D eigenvalue weighted by molar-refractivity contribution is 7.98. The molecule has 0 aromatic heterocycles. The molecule has 0 bridgehead atoms. The van der Waals surface area contributed by atoms with Gasteiger partial charge in [-0.3, -0.25) is 9.59 Å². The Hall–Kier alpha value is -1.69. The number of ether oxygens (including phenoxy) is 3. The van der Waals surface area contributed by atoms with Gasteiger partial charge in [0.25, 0.3) is 0 Å². The normalized spacial score (nSPS) is 11.6. The first-order valence-electron chi connectivity index (χ1n) is 7.08. The fourth-order valence-electron chi connectivity index (χ4n) is 1.81. The molecule has 0 radical (unpaired) electrons. The highest BCUT2D eigenvalue weighted by atomic mass is 32.2. The summed E-state index contributed by atoms with van der Waals surface area (Å²) in [5, 5.41) is 0. The zero-order valence-electron chi connectivity index (χ0n) is 13.2. The molecule has 1 aromatic rings. The third-order valence-corrected chi connectivity index (χ3v) is 3.91. The maximum absolute atomic E-state index is 11.5. The summed E-state index contributed by atoms with van der Waals surface area (Å²) in [5.41, 5.74) is 1.14. The van der Waals surface area contributed by atoms with Gasteiger partial charge in [-0.15, -0.1) is 0 Å². The van der Waals surface area contributed by atoms with Crippen molar-refractivity contribution in [2.45, 2.75) is 32.1 Å². The molecule has 1 aromatic carbocycles. The first kappa shape index (κ1) is 18.4. The van der Waals surface area contributed by atoms with Gasteiger partial charge in [0.1, 0.15) is 11.9 Å². The summed E-state index contributed by atoms with van der Waals surface area (Å²) in [6, 6.07) is 7.77. The van der Waals surface area contributed by atoms with Crippen LogP contribution in [0.25, 0.3) is 0 Å². The summed E-state index contributed by atoms with van der Waals surface area (Å²) in [5.74, 6) is 1.39. The zero-order chi connectivity index (χ0) is 16.4. The average molecular weight is 326 g/mol. The van der Waals surface area contributed by atoms with Crippen LogP contribution in [-0.2, 0) is 24.8 Å². The van der Waals surface area contributed by atoms with Crippen LogP contribution in [0.4, 0.5) is 0 Å². The van der Waals surface area contributed by atoms with E-state index in [1.807, 2.05) is 24.3 Å². The topological polar surface area (TPSA) is 61.8 Å². The quantitative estimate of drug-likeness (QED) is 0.650. The SMILES string of the molecule is CCOC(=O)CC(CSCc1ccc(OC)cc1)OC(C)=O. The minimum absolute atomic E-state index is 0.0863. The highest BCUT2D eigenvalue weighted by Gasteiger charge is 2.17. The Morgan fingerprint density at radius 3 is 2.45 bits per heavy atom. The van der Waals surface area contributed by atoms with Crippen LogP contribution in [0.3, 0.4) is 0 Å². The molecule has 0 aliphatic carbocycles. The maximum Gasteiger partial charge on any atom is 0.309 e. The number of thioether (sulfide) groups is 1. The molecule has 0 spiro atoms. The number of carbonyl (C=O) groups excluding carboxylic acids is 2. The third kappa shape index (κ3) is 7.36. The first-order chi connectivity index (χ1) is 10.5. The fraction of sp³-hybridized carbons (Fsp3) is 0.500. The Labute approximate surface area is 135 Å². The lowest BCUT2D eigenvalue weighted by atomic mass is 10.2. The fourth-order valence-corrected chi connectivity index (χ4v) is 2.80. The van der Waals surface area contributed by atoms with Gasteiger partial charge in [-0.1, -0.05) is 12.1 Å². The van der Waals surface area contributed by atoms with Crippen molar-refractivity contribution in [1.29, 1.82) is 0 Å². The van der Waals surface area contributed by atoms with Crippen molar-refractivity contribution in [1.82, 2.24) is 0 Å². The number of methoxy groups -OCH3 is 1. The third-order valence-electron chi connectivity index (χ3n) is 2.76. The first-order valence-corrected chi connectivity index (χ1v) is 8.24. The van der Waals surface area contributed by atoms with E-state index in [1.165, 1.54) is 6.92 Å². The molecular weight excluding hydrogens is 304 g/mol. The number of hydrogen-bond donors (Lipinski definition) is 0. The van der Waals surface area contributed by atoms with Crippen LogP contribution >= 0.6 is 11.8 Å². The summed E-state index contributed by atoms with van der Waals surface area (Å²) in [6.45, 7) is 3.41. The molecule has 0 N–H and O–H groups in total. The molecule has 1 unspecified atom stereocenters. The Bertz CT molecular complexity index is 472. The predicted molar refractivity (Wildman–Crippen MR) is 86.0 cm³/mol. The van der Waals surface area contributed by atoms with Crippen molar-refractivity contribution in [3.8, 4) is 5.75 Å². The molecule has 6 heteroatoms. The van der Waals surface area contributed by atoms with Gasteiger partial charge < -0.3 is 14.2 Å². The zero-order valence-corrected chi connectivity index (χ0v) is 14.0. The van der Waals surface area contributed by atoms with Crippen LogP contribution in [-0.4, -0.2) is 37.5 Å². The molecule has 22 heavy (non-hydrogen) atoms. The highest BCUT2D eigenvalue weighted by Crippen LogP contribution is 2.19. The van der Waals surface area contributed by atoms with Gasteiger partial charge in [-0.2, -0.15) is 11.8 Å². The van der Waals surface area contributed by atoms with E-state index in [9.17, 15) is 9.59 Å². The van der Waals surface area contributed by atoms with Crippen molar-refractivity contribution in [3.63, 3.8) is 0 Å². The molecule has 0 saturated heterocycles. The van der Waals surface area contributed by atoms with Crippen LogP contribution in [0.15, 0.2) is 24.3 Å². The van der Waals surface area contributed by atoms with E-state index in [0.717, 1.165) is 17.1 Å². The number of benzene rings is 1. The number of esters is 2. The van der Waals surface area contributed by atoms with Crippen LogP contribution in [0.5, 0.6) is 5.75 Å². The summed E-state index contributed by atoms with van der Waals surface area (Å²) >= 11 is 1.60. The molecular formula is C16H22O5S. The van der Waals surface area contributed by atoms with Crippen LogP contribution in [0.1, 0.15) is 25.8 Å². The minimum Gasteiger partial charge on any atom is -0.497 e. The predicted octanol–water partition coefficient (Wildman–Crippen LogP) is 2.81. The molecule has 1 rings (SSSR count). The van der Waals surface area contributed by atoms with Gasteiger partial charge in [0.2, 0.25) is 0 Å². The number of rotatable bonds is 9. The van der Waals surface area contributed by atoms with Gasteiger partial charge >= 0.3 is 11.9 Å². The Balaban J connectivity index is 2.44. The van der Waals surface area contributed by atoms with Crippen LogP contribution in [0, 0.1) is 0 Å². The standard InChI is InChI=1S/C16H22O5S/c1-4-20-16(18)9-15(21-12(2)17)11-22-10-13-5-7-14(19-3)8-6-13/h5-8,15H,4,9-11H2,1-3H3.